The molecule has 5 aromatic rings. The molecule has 5 rings (SSSR count). The van der Waals surface area contributed by atoms with Gasteiger partial charge in [0.25, 0.3) is 0 Å². The number of carbonyl (C=O) groups is 1. The summed E-state index contributed by atoms with van der Waals surface area (Å²) in [6, 6.07) is 10.9. The lowest BCUT2D eigenvalue weighted by Gasteiger charge is -2.20. The number of hydrogen-bond donors (Lipinski definition) is 1. The summed E-state index contributed by atoms with van der Waals surface area (Å²) in [7, 11) is 0. The van der Waals surface area contributed by atoms with Gasteiger partial charge in [-0.2, -0.15) is 0 Å². The fraction of sp³-hybridized carbons (Fsp3) is 0.312. The van der Waals surface area contributed by atoms with Crippen LogP contribution in [-0.2, 0) is 0 Å². The second-order valence-electron chi connectivity index (χ2n) is 10.7. The van der Waals surface area contributed by atoms with E-state index in [0.717, 1.165) is 39.1 Å². The molecule has 212 valence electrons. The minimum Gasteiger partial charge on any atom is -0.490 e. The fourth-order valence-corrected chi connectivity index (χ4v) is 5.10. The third kappa shape index (κ3) is 5.39. The molecule has 41 heavy (non-hydrogen) atoms. The van der Waals surface area contributed by atoms with Gasteiger partial charge in [0.2, 0.25) is 0 Å². The molecule has 1 unspecified atom stereocenters. The number of aromatic nitrogens is 4. The van der Waals surface area contributed by atoms with Crippen molar-refractivity contribution >= 4 is 17.0 Å². The zero-order chi connectivity index (χ0) is 29.4. The molecule has 0 fully saturated rings. The maximum absolute atomic E-state index is 12.1. The van der Waals surface area contributed by atoms with E-state index in [9.17, 15) is 9.90 Å². The van der Waals surface area contributed by atoms with Crippen molar-refractivity contribution in [3.63, 3.8) is 0 Å². The van der Waals surface area contributed by atoms with Crippen LogP contribution in [0.25, 0.3) is 33.3 Å². The molecule has 4 aromatic heterocycles. The van der Waals surface area contributed by atoms with Crippen LogP contribution in [-0.4, -0.2) is 43.0 Å². The first-order valence-corrected chi connectivity index (χ1v) is 13.6. The van der Waals surface area contributed by atoms with Crippen molar-refractivity contribution in [2.24, 2.45) is 0 Å². The van der Waals surface area contributed by atoms with Gasteiger partial charge >= 0.3 is 5.97 Å². The van der Waals surface area contributed by atoms with Gasteiger partial charge in [0.1, 0.15) is 22.9 Å². The van der Waals surface area contributed by atoms with E-state index in [4.69, 9.17) is 19.0 Å². The van der Waals surface area contributed by atoms with Gasteiger partial charge in [-0.05, 0) is 78.8 Å². The summed E-state index contributed by atoms with van der Waals surface area (Å²) in [6.07, 6.45) is 5.20. The van der Waals surface area contributed by atoms with E-state index in [1.807, 2.05) is 72.1 Å². The molecule has 0 aliphatic heterocycles. The Labute approximate surface area is 238 Å². The van der Waals surface area contributed by atoms with Crippen LogP contribution in [0.5, 0.6) is 11.5 Å². The van der Waals surface area contributed by atoms with E-state index < -0.39 is 5.97 Å². The topological polar surface area (TPSA) is 113 Å². The SMILES string of the molecule is Cc1noc(C)c1-c1cnc2c(c1)c(-c1c(OC(C)C)cc(C(=O)O)cc1OC(C)C)cn2C(C)c1ccccn1. The second-order valence-corrected chi connectivity index (χ2v) is 10.7. The number of pyridine rings is 2. The van der Waals surface area contributed by atoms with Crippen LogP contribution in [0, 0.1) is 13.8 Å². The number of benzene rings is 1. The number of hydrogen-bond acceptors (Lipinski definition) is 7. The van der Waals surface area contributed by atoms with Crippen LogP contribution in [0.4, 0.5) is 0 Å². The molecule has 9 nitrogen and oxygen atoms in total. The molecule has 1 atom stereocenters. The summed E-state index contributed by atoms with van der Waals surface area (Å²) in [5.41, 5.74) is 5.67. The third-order valence-corrected chi connectivity index (χ3v) is 6.83. The van der Waals surface area contributed by atoms with E-state index in [1.165, 1.54) is 0 Å². The first-order chi connectivity index (χ1) is 19.5. The quantitative estimate of drug-likeness (QED) is 0.203. The van der Waals surface area contributed by atoms with Gasteiger partial charge in [-0.25, -0.2) is 9.78 Å². The lowest BCUT2D eigenvalue weighted by atomic mass is 9.98. The predicted octanol–water partition coefficient (Wildman–Crippen LogP) is 7.25. The largest absolute Gasteiger partial charge is 0.490 e. The molecule has 0 aliphatic rings. The number of rotatable bonds is 9. The Morgan fingerprint density at radius 2 is 1.63 bits per heavy atom. The summed E-state index contributed by atoms with van der Waals surface area (Å²) in [5.74, 6) is 0.475. The lowest BCUT2D eigenvalue weighted by Crippen LogP contribution is -2.12. The van der Waals surface area contributed by atoms with Gasteiger partial charge in [-0.15, -0.1) is 0 Å². The Kier molecular flexibility index (Phi) is 7.53. The Balaban J connectivity index is 1.86. The molecule has 0 saturated heterocycles. The molecular weight excluding hydrogens is 520 g/mol. The predicted molar refractivity (Wildman–Crippen MR) is 157 cm³/mol. The molecule has 0 aliphatic carbocycles. The van der Waals surface area contributed by atoms with Gasteiger partial charge in [0.15, 0.2) is 0 Å². The molecule has 0 bridgehead atoms. The zero-order valence-corrected chi connectivity index (χ0v) is 24.3. The molecule has 0 saturated carbocycles. The highest BCUT2D eigenvalue weighted by Crippen LogP contribution is 2.46. The van der Waals surface area contributed by atoms with Crippen LogP contribution in [0.1, 0.15) is 68.2 Å². The lowest BCUT2D eigenvalue weighted by molar-refractivity contribution is 0.0695. The number of carboxylic acids is 1. The van der Waals surface area contributed by atoms with Crippen LogP contribution in [0.2, 0.25) is 0 Å². The van der Waals surface area contributed by atoms with Crippen molar-refractivity contribution in [1.82, 2.24) is 19.7 Å². The average molecular weight is 555 g/mol. The van der Waals surface area contributed by atoms with E-state index in [1.54, 1.807) is 18.3 Å². The van der Waals surface area contributed by atoms with Crippen molar-refractivity contribution in [3.05, 3.63) is 77.7 Å². The van der Waals surface area contributed by atoms with Gasteiger partial charge in [-0.3, -0.25) is 4.98 Å². The fourth-order valence-electron chi connectivity index (χ4n) is 5.10. The third-order valence-electron chi connectivity index (χ3n) is 6.83. The summed E-state index contributed by atoms with van der Waals surface area (Å²) < 4.78 is 20.0. The van der Waals surface area contributed by atoms with Crippen molar-refractivity contribution in [1.29, 1.82) is 0 Å². The van der Waals surface area contributed by atoms with Crippen molar-refractivity contribution in [2.75, 3.05) is 0 Å². The van der Waals surface area contributed by atoms with Crippen molar-refractivity contribution in [3.8, 4) is 33.8 Å². The smallest absolute Gasteiger partial charge is 0.335 e. The molecule has 0 spiro atoms. The average Bonchev–Trinajstić information content (AvgIpc) is 3.46. The molecule has 1 N–H and O–H groups in total. The zero-order valence-electron chi connectivity index (χ0n) is 24.3. The molecule has 0 amide bonds. The molecule has 1 aromatic carbocycles. The Bertz CT molecular complexity index is 1670. The summed E-state index contributed by atoms with van der Waals surface area (Å²) in [6.45, 7) is 13.5. The second kappa shape index (κ2) is 11.1. The van der Waals surface area contributed by atoms with E-state index in [2.05, 4.69) is 27.7 Å². The van der Waals surface area contributed by atoms with Gasteiger partial charge < -0.3 is 23.7 Å². The van der Waals surface area contributed by atoms with E-state index >= 15 is 0 Å². The van der Waals surface area contributed by atoms with E-state index in [-0.39, 0.29) is 23.8 Å². The number of aryl methyl sites for hydroxylation is 2. The highest BCUT2D eigenvalue weighted by Gasteiger charge is 2.26. The minimum atomic E-state index is -1.06. The van der Waals surface area contributed by atoms with Crippen LogP contribution < -0.4 is 9.47 Å². The standard InChI is InChI=1S/C32H34N4O5/c1-17(2)39-27-13-22(32(37)38)14-28(40-18(3)4)30(27)25-16-36(20(6)26-10-8-9-11-33-26)31-24(25)12-23(15-34-31)29-19(5)35-41-21(29)7/h8-18,20H,1-7H3,(H,37,38). The monoisotopic (exact) mass is 554 g/mol. The molecule has 9 heteroatoms. The Hall–Kier alpha value is -4.66. The summed E-state index contributed by atoms with van der Waals surface area (Å²) >= 11 is 0. The molecule has 4 heterocycles. The molecular formula is C32H34N4O5. The number of ether oxygens (including phenoxy) is 2. The van der Waals surface area contributed by atoms with Crippen LogP contribution in [0.3, 0.4) is 0 Å². The van der Waals surface area contributed by atoms with Crippen molar-refractivity contribution in [2.45, 2.75) is 66.7 Å². The Morgan fingerprint density at radius 3 is 2.17 bits per heavy atom. The maximum atomic E-state index is 12.1. The maximum Gasteiger partial charge on any atom is 0.335 e. The molecule has 0 radical (unpaired) electrons. The first-order valence-electron chi connectivity index (χ1n) is 13.6. The van der Waals surface area contributed by atoms with Gasteiger partial charge in [-0.1, -0.05) is 11.2 Å². The van der Waals surface area contributed by atoms with Crippen LogP contribution >= 0.6 is 0 Å². The summed E-state index contributed by atoms with van der Waals surface area (Å²) in [4.78, 5) is 21.6. The van der Waals surface area contributed by atoms with Crippen molar-refractivity contribution < 1.29 is 23.9 Å². The van der Waals surface area contributed by atoms with Crippen LogP contribution in [0.15, 0.2) is 59.5 Å². The minimum absolute atomic E-state index is 0.0835. The Morgan fingerprint density at radius 1 is 0.951 bits per heavy atom. The first kappa shape index (κ1) is 27.9. The summed E-state index contributed by atoms with van der Waals surface area (Å²) in [5, 5.41) is 14.9. The number of fused-ring (bicyclic) bond motifs is 1. The van der Waals surface area contributed by atoms with Gasteiger partial charge in [0, 0.05) is 40.7 Å². The highest BCUT2D eigenvalue weighted by molar-refractivity contribution is 6.01. The number of aromatic carboxylic acids is 1. The normalized spacial score (nSPS) is 12.3. The van der Waals surface area contributed by atoms with Gasteiger partial charge in [0.05, 0.1) is 40.8 Å². The number of nitrogens with zero attached hydrogens (tertiary/aromatic N) is 4. The number of carboxylic acid groups (broad SMARTS) is 1. The highest BCUT2D eigenvalue weighted by atomic mass is 16.5. The van der Waals surface area contributed by atoms with E-state index in [0.29, 0.717) is 22.8 Å².